The monoisotopic (exact) mass is 332 g/mol. The van der Waals surface area contributed by atoms with Crippen molar-refractivity contribution >= 4 is 5.91 Å². The van der Waals surface area contributed by atoms with E-state index in [2.05, 4.69) is 10.4 Å². The lowest BCUT2D eigenvalue weighted by molar-refractivity contribution is -0.122. The molecule has 1 N–H and O–H groups in total. The molecule has 0 aromatic carbocycles. The lowest BCUT2D eigenvalue weighted by Gasteiger charge is -2.10. The number of carbonyl (C=O) groups is 1. The molecule has 24 heavy (non-hydrogen) atoms. The first-order chi connectivity index (χ1) is 11.7. The van der Waals surface area contributed by atoms with E-state index < -0.39 is 0 Å². The van der Waals surface area contributed by atoms with Crippen molar-refractivity contribution in [3.8, 4) is 11.6 Å². The SMILES string of the molecule is O=C(Cn1nc(-c2ccco2)n(C2CC2)c1=O)NC[C@H]1CCCO1. The van der Waals surface area contributed by atoms with E-state index in [1.54, 1.807) is 23.0 Å². The third kappa shape index (κ3) is 3.01. The van der Waals surface area contributed by atoms with Gasteiger partial charge in [-0.25, -0.2) is 9.48 Å². The first kappa shape index (κ1) is 15.2. The van der Waals surface area contributed by atoms with Gasteiger partial charge in [-0.2, -0.15) is 0 Å². The van der Waals surface area contributed by atoms with Gasteiger partial charge >= 0.3 is 5.69 Å². The second-order valence-electron chi connectivity index (χ2n) is 6.28. The number of hydrogen-bond acceptors (Lipinski definition) is 5. The van der Waals surface area contributed by atoms with Crippen molar-refractivity contribution in [3.63, 3.8) is 0 Å². The molecule has 0 radical (unpaired) electrons. The molecule has 1 saturated heterocycles. The highest BCUT2D eigenvalue weighted by atomic mass is 16.5. The van der Waals surface area contributed by atoms with Gasteiger partial charge in [0, 0.05) is 19.2 Å². The molecular weight excluding hydrogens is 312 g/mol. The summed E-state index contributed by atoms with van der Waals surface area (Å²) in [6.07, 6.45) is 5.50. The highest BCUT2D eigenvalue weighted by Crippen LogP contribution is 2.36. The molecule has 1 amide bonds. The first-order valence-electron chi connectivity index (χ1n) is 8.34. The van der Waals surface area contributed by atoms with Crippen molar-refractivity contribution in [1.29, 1.82) is 0 Å². The Kier molecular flexibility index (Phi) is 3.97. The summed E-state index contributed by atoms with van der Waals surface area (Å²) in [5, 5.41) is 7.13. The van der Waals surface area contributed by atoms with Crippen LogP contribution < -0.4 is 11.0 Å². The van der Waals surface area contributed by atoms with Crippen molar-refractivity contribution in [2.24, 2.45) is 0 Å². The molecule has 1 aliphatic heterocycles. The molecule has 2 aromatic heterocycles. The summed E-state index contributed by atoms with van der Waals surface area (Å²) in [4.78, 5) is 24.7. The summed E-state index contributed by atoms with van der Waals surface area (Å²) < 4.78 is 13.7. The van der Waals surface area contributed by atoms with E-state index >= 15 is 0 Å². The molecule has 8 heteroatoms. The Hall–Kier alpha value is -2.35. The second-order valence-corrected chi connectivity index (χ2v) is 6.28. The van der Waals surface area contributed by atoms with Crippen LogP contribution in [0.4, 0.5) is 0 Å². The van der Waals surface area contributed by atoms with Crippen LogP contribution in [-0.2, 0) is 16.1 Å². The van der Waals surface area contributed by atoms with Crippen molar-refractivity contribution in [2.75, 3.05) is 13.2 Å². The summed E-state index contributed by atoms with van der Waals surface area (Å²) in [6.45, 7) is 1.12. The lowest BCUT2D eigenvalue weighted by Crippen LogP contribution is -2.37. The molecular formula is C16H20N4O4. The van der Waals surface area contributed by atoms with Crippen molar-refractivity contribution in [3.05, 3.63) is 28.9 Å². The fourth-order valence-corrected chi connectivity index (χ4v) is 2.98. The topological polar surface area (TPSA) is 91.3 Å². The predicted octanol–water partition coefficient (Wildman–Crippen LogP) is 0.935. The van der Waals surface area contributed by atoms with Crippen molar-refractivity contribution in [2.45, 2.75) is 44.4 Å². The smallest absolute Gasteiger partial charge is 0.347 e. The van der Waals surface area contributed by atoms with Crippen LogP contribution in [0.15, 0.2) is 27.6 Å². The highest BCUT2D eigenvalue weighted by Gasteiger charge is 2.31. The van der Waals surface area contributed by atoms with Gasteiger partial charge in [-0.3, -0.25) is 9.36 Å². The van der Waals surface area contributed by atoms with Crippen LogP contribution in [0.25, 0.3) is 11.6 Å². The fraction of sp³-hybridized carbons (Fsp3) is 0.562. The van der Waals surface area contributed by atoms with E-state index in [-0.39, 0.29) is 30.3 Å². The average molecular weight is 332 g/mol. The molecule has 0 bridgehead atoms. The summed E-state index contributed by atoms with van der Waals surface area (Å²) >= 11 is 0. The molecule has 0 unspecified atom stereocenters. The number of carbonyl (C=O) groups excluding carboxylic acids is 1. The van der Waals surface area contributed by atoms with E-state index in [0.717, 1.165) is 32.3 Å². The van der Waals surface area contributed by atoms with Crippen LogP contribution in [0.3, 0.4) is 0 Å². The number of amides is 1. The van der Waals surface area contributed by atoms with Gasteiger partial charge in [-0.15, -0.1) is 5.10 Å². The number of furan rings is 1. The number of aromatic nitrogens is 3. The maximum atomic E-state index is 12.6. The minimum absolute atomic E-state index is 0.0772. The maximum Gasteiger partial charge on any atom is 0.347 e. The molecule has 1 aliphatic carbocycles. The quantitative estimate of drug-likeness (QED) is 0.850. The molecule has 3 heterocycles. The summed E-state index contributed by atoms with van der Waals surface area (Å²) in [6, 6.07) is 3.67. The highest BCUT2D eigenvalue weighted by molar-refractivity contribution is 5.75. The minimum atomic E-state index is -0.267. The van der Waals surface area contributed by atoms with Gasteiger partial charge < -0.3 is 14.5 Å². The Labute approximate surface area is 138 Å². The molecule has 2 aromatic rings. The van der Waals surface area contributed by atoms with Gasteiger partial charge in [0.25, 0.3) is 0 Å². The van der Waals surface area contributed by atoms with Crippen LogP contribution in [0, 0.1) is 0 Å². The van der Waals surface area contributed by atoms with Crippen molar-refractivity contribution in [1.82, 2.24) is 19.7 Å². The third-order valence-electron chi connectivity index (χ3n) is 4.37. The van der Waals surface area contributed by atoms with E-state index in [4.69, 9.17) is 9.15 Å². The third-order valence-corrected chi connectivity index (χ3v) is 4.37. The number of ether oxygens (including phenoxy) is 1. The normalized spacial score (nSPS) is 20.4. The van der Waals surface area contributed by atoms with Gasteiger partial charge in [-0.1, -0.05) is 0 Å². The standard InChI is InChI=1S/C16H20N4O4/c21-14(17-9-12-3-1-7-23-12)10-19-16(22)20(11-5-6-11)15(18-19)13-4-2-8-24-13/h2,4,8,11-12H,1,3,5-7,9-10H2,(H,17,21)/t12-/m1/s1. The van der Waals surface area contributed by atoms with E-state index in [1.807, 2.05) is 0 Å². The number of nitrogens with one attached hydrogen (secondary N) is 1. The molecule has 8 nitrogen and oxygen atoms in total. The van der Waals surface area contributed by atoms with Gasteiger partial charge in [0.2, 0.25) is 11.7 Å². The Balaban J connectivity index is 1.49. The van der Waals surface area contributed by atoms with E-state index in [9.17, 15) is 9.59 Å². The first-order valence-corrected chi connectivity index (χ1v) is 8.34. The molecule has 0 spiro atoms. The Morgan fingerprint density at radius 2 is 2.25 bits per heavy atom. The zero-order valence-electron chi connectivity index (χ0n) is 13.3. The molecule has 128 valence electrons. The zero-order valence-corrected chi connectivity index (χ0v) is 13.3. The summed E-state index contributed by atoms with van der Waals surface area (Å²) in [7, 11) is 0. The molecule has 4 rings (SSSR count). The van der Waals surface area contributed by atoms with Gasteiger partial charge in [0.15, 0.2) is 5.76 Å². The lowest BCUT2D eigenvalue weighted by atomic mass is 10.2. The fourth-order valence-electron chi connectivity index (χ4n) is 2.98. The van der Waals surface area contributed by atoms with Crippen LogP contribution in [-0.4, -0.2) is 39.5 Å². The molecule has 1 atom stereocenters. The molecule has 2 fully saturated rings. The van der Waals surface area contributed by atoms with Crippen LogP contribution in [0.5, 0.6) is 0 Å². The van der Waals surface area contributed by atoms with E-state index in [0.29, 0.717) is 18.1 Å². The van der Waals surface area contributed by atoms with Gasteiger partial charge in [0.05, 0.1) is 12.4 Å². The van der Waals surface area contributed by atoms with Crippen molar-refractivity contribution < 1.29 is 13.9 Å². The Morgan fingerprint density at radius 1 is 1.38 bits per heavy atom. The minimum Gasteiger partial charge on any atom is -0.461 e. The zero-order chi connectivity index (χ0) is 16.5. The largest absolute Gasteiger partial charge is 0.461 e. The average Bonchev–Trinajstić information content (AvgIpc) is 3.00. The van der Waals surface area contributed by atoms with Crippen LogP contribution >= 0.6 is 0 Å². The van der Waals surface area contributed by atoms with Gasteiger partial charge in [0.1, 0.15) is 6.54 Å². The second kappa shape index (κ2) is 6.27. The predicted molar refractivity (Wildman–Crippen MR) is 84.4 cm³/mol. The maximum absolute atomic E-state index is 12.6. The summed E-state index contributed by atoms with van der Waals surface area (Å²) in [5.41, 5.74) is -0.267. The van der Waals surface area contributed by atoms with Crippen LogP contribution in [0.1, 0.15) is 31.7 Å². The molecule has 2 aliphatic rings. The number of nitrogens with zero attached hydrogens (tertiary/aromatic N) is 3. The Bertz CT molecular complexity index is 767. The number of hydrogen-bond donors (Lipinski definition) is 1. The Morgan fingerprint density at radius 3 is 2.92 bits per heavy atom. The number of rotatable bonds is 6. The van der Waals surface area contributed by atoms with Gasteiger partial charge in [-0.05, 0) is 37.8 Å². The van der Waals surface area contributed by atoms with Crippen LogP contribution in [0.2, 0.25) is 0 Å². The van der Waals surface area contributed by atoms with E-state index in [1.165, 1.54) is 4.68 Å². The summed E-state index contributed by atoms with van der Waals surface area (Å²) in [5.74, 6) is 0.788. The molecule has 1 saturated carbocycles.